The van der Waals surface area contributed by atoms with Gasteiger partial charge >= 0.3 is 0 Å². The van der Waals surface area contributed by atoms with Gasteiger partial charge in [0.15, 0.2) is 0 Å². The first-order valence-electron chi connectivity index (χ1n) is 8.34. The number of nitrogens with zero attached hydrogens (tertiary/aromatic N) is 2. The lowest BCUT2D eigenvalue weighted by Crippen LogP contribution is -2.37. The van der Waals surface area contributed by atoms with E-state index in [9.17, 15) is 9.18 Å². The predicted octanol–water partition coefficient (Wildman–Crippen LogP) is 3.38. The van der Waals surface area contributed by atoms with Gasteiger partial charge in [0.1, 0.15) is 5.82 Å². The summed E-state index contributed by atoms with van der Waals surface area (Å²) in [5.41, 5.74) is 0.432. The van der Waals surface area contributed by atoms with Crippen molar-refractivity contribution in [3.8, 4) is 0 Å². The molecule has 0 aliphatic carbocycles. The molecule has 124 valence electrons. The van der Waals surface area contributed by atoms with Gasteiger partial charge in [-0.3, -0.25) is 4.79 Å². The molecule has 1 saturated heterocycles. The van der Waals surface area contributed by atoms with E-state index < -0.39 is 0 Å². The van der Waals surface area contributed by atoms with Gasteiger partial charge in [-0.15, -0.1) is 11.8 Å². The number of likely N-dealkylation sites (tertiary alicyclic amines) is 1. The molecule has 0 bridgehead atoms. The molecule has 23 heavy (non-hydrogen) atoms. The first kappa shape index (κ1) is 16.5. The standard InChI is InChI=1S/C18H23FN2OS/c19-16-6-4-5-15(13-16)18(22)17-14-21(11-12-23-17)10-9-20-7-2-1-3-8-20/h4-6,13-14H,1-3,7-12H2. The molecule has 2 heterocycles. The Hall–Kier alpha value is -1.33. The minimum atomic E-state index is -0.362. The molecule has 3 nitrogen and oxygen atoms in total. The molecule has 5 heteroatoms. The lowest BCUT2D eigenvalue weighted by Gasteiger charge is -2.31. The number of allylic oxidation sites excluding steroid dienone is 1. The molecule has 3 rings (SSSR count). The second-order valence-electron chi connectivity index (χ2n) is 6.12. The van der Waals surface area contributed by atoms with Gasteiger partial charge in [0.25, 0.3) is 0 Å². The van der Waals surface area contributed by atoms with Crippen molar-refractivity contribution < 1.29 is 9.18 Å². The predicted molar refractivity (Wildman–Crippen MR) is 93.1 cm³/mol. The van der Waals surface area contributed by atoms with Gasteiger partial charge in [-0.05, 0) is 38.1 Å². The molecule has 0 unspecified atom stereocenters. The Morgan fingerprint density at radius 3 is 2.74 bits per heavy atom. The summed E-state index contributed by atoms with van der Waals surface area (Å²) in [6, 6.07) is 5.95. The van der Waals surface area contributed by atoms with Crippen molar-refractivity contribution in [3.05, 3.63) is 46.8 Å². The second kappa shape index (κ2) is 7.97. The zero-order valence-electron chi connectivity index (χ0n) is 13.3. The van der Waals surface area contributed by atoms with Crippen molar-refractivity contribution in [3.63, 3.8) is 0 Å². The van der Waals surface area contributed by atoms with Gasteiger partial charge in [-0.25, -0.2) is 4.39 Å². The number of benzene rings is 1. The van der Waals surface area contributed by atoms with Crippen LogP contribution in [0, 0.1) is 5.82 Å². The van der Waals surface area contributed by atoms with E-state index in [1.807, 2.05) is 6.20 Å². The van der Waals surface area contributed by atoms with Crippen LogP contribution in [0.3, 0.4) is 0 Å². The number of halogens is 1. The van der Waals surface area contributed by atoms with Crippen LogP contribution >= 0.6 is 11.8 Å². The molecule has 0 N–H and O–H groups in total. The molecule has 0 saturated carbocycles. The highest BCUT2D eigenvalue weighted by Crippen LogP contribution is 2.25. The van der Waals surface area contributed by atoms with Crippen LogP contribution in [0.1, 0.15) is 29.6 Å². The largest absolute Gasteiger partial charge is 0.374 e. The van der Waals surface area contributed by atoms with E-state index in [0.717, 1.165) is 30.3 Å². The summed E-state index contributed by atoms with van der Waals surface area (Å²) < 4.78 is 13.3. The molecule has 1 aromatic carbocycles. The third-order valence-electron chi connectivity index (χ3n) is 4.40. The average molecular weight is 334 g/mol. The number of hydrogen-bond donors (Lipinski definition) is 0. The molecular weight excluding hydrogens is 311 g/mol. The third-order valence-corrected chi connectivity index (χ3v) is 5.39. The highest BCUT2D eigenvalue weighted by Gasteiger charge is 2.19. The van der Waals surface area contributed by atoms with Crippen LogP contribution < -0.4 is 0 Å². The number of hydrogen-bond acceptors (Lipinski definition) is 4. The summed E-state index contributed by atoms with van der Waals surface area (Å²) >= 11 is 1.57. The number of carbonyl (C=O) groups excluding carboxylic acids is 1. The molecule has 2 aliphatic heterocycles. The Balaban J connectivity index is 1.60. The maximum absolute atomic E-state index is 13.3. The van der Waals surface area contributed by atoms with E-state index in [1.165, 1.54) is 44.5 Å². The monoisotopic (exact) mass is 334 g/mol. The topological polar surface area (TPSA) is 23.6 Å². The number of piperidine rings is 1. The van der Waals surface area contributed by atoms with E-state index in [-0.39, 0.29) is 11.6 Å². The summed E-state index contributed by atoms with van der Waals surface area (Å²) in [6.45, 7) is 5.38. The Morgan fingerprint density at radius 2 is 1.96 bits per heavy atom. The highest BCUT2D eigenvalue weighted by molar-refractivity contribution is 8.04. The zero-order chi connectivity index (χ0) is 16.1. The Morgan fingerprint density at radius 1 is 1.13 bits per heavy atom. The average Bonchev–Trinajstić information content (AvgIpc) is 2.60. The van der Waals surface area contributed by atoms with E-state index in [2.05, 4.69) is 9.80 Å². The SMILES string of the molecule is O=C(C1=CN(CCN2CCCCC2)CCS1)c1cccc(F)c1. The Kier molecular flexibility index (Phi) is 5.73. The van der Waals surface area contributed by atoms with Crippen LogP contribution in [-0.2, 0) is 0 Å². The van der Waals surface area contributed by atoms with Gasteiger partial charge in [-0.2, -0.15) is 0 Å². The van der Waals surface area contributed by atoms with Gasteiger partial charge < -0.3 is 9.80 Å². The van der Waals surface area contributed by atoms with Crippen molar-refractivity contribution in [2.24, 2.45) is 0 Å². The number of Topliss-reactive ketones (excluding diaryl/α,β-unsaturated/α-hetero) is 1. The van der Waals surface area contributed by atoms with Crippen LogP contribution in [-0.4, -0.2) is 54.1 Å². The van der Waals surface area contributed by atoms with Crippen molar-refractivity contribution in [2.45, 2.75) is 19.3 Å². The van der Waals surface area contributed by atoms with E-state index in [4.69, 9.17) is 0 Å². The number of rotatable bonds is 5. The van der Waals surface area contributed by atoms with Crippen LogP contribution in [0.4, 0.5) is 4.39 Å². The maximum Gasteiger partial charge on any atom is 0.200 e. The summed E-state index contributed by atoms with van der Waals surface area (Å²) in [5, 5.41) is 0. The lowest BCUT2D eigenvalue weighted by atomic mass is 10.1. The summed E-state index contributed by atoms with van der Waals surface area (Å²) in [7, 11) is 0. The van der Waals surface area contributed by atoms with Gasteiger partial charge in [0, 0.05) is 37.2 Å². The van der Waals surface area contributed by atoms with Gasteiger partial charge in [0.05, 0.1) is 4.91 Å². The summed E-state index contributed by atoms with van der Waals surface area (Å²) in [6.07, 6.45) is 5.92. The second-order valence-corrected chi connectivity index (χ2v) is 7.26. The number of thioether (sulfide) groups is 1. The van der Waals surface area contributed by atoms with Crippen LogP contribution in [0.25, 0.3) is 0 Å². The molecule has 0 radical (unpaired) electrons. The number of carbonyl (C=O) groups is 1. The van der Waals surface area contributed by atoms with Crippen molar-refractivity contribution >= 4 is 17.5 Å². The molecule has 0 spiro atoms. The lowest BCUT2D eigenvalue weighted by molar-refractivity contribution is 0.104. The summed E-state index contributed by atoms with van der Waals surface area (Å²) in [4.78, 5) is 18.0. The number of ketones is 1. The van der Waals surface area contributed by atoms with Crippen molar-refractivity contribution in [2.75, 3.05) is 38.5 Å². The molecule has 2 aliphatic rings. The molecular formula is C18H23FN2OS. The smallest absolute Gasteiger partial charge is 0.200 e. The molecule has 0 aromatic heterocycles. The Labute approximate surface area is 141 Å². The van der Waals surface area contributed by atoms with E-state index in [0.29, 0.717) is 5.56 Å². The zero-order valence-corrected chi connectivity index (χ0v) is 14.2. The Bertz CT molecular complexity index is 584. The minimum absolute atomic E-state index is 0.0721. The molecule has 0 atom stereocenters. The van der Waals surface area contributed by atoms with Crippen molar-refractivity contribution in [1.29, 1.82) is 0 Å². The van der Waals surface area contributed by atoms with Crippen LogP contribution in [0.2, 0.25) is 0 Å². The fourth-order valence-electron chi connectivity index (χ4n) is 3.07. The van der Waals surface area contributed by atoms with E-state index in [1.54, 1.807) is 23.9 Å². The van der Waals surface area contributed by atoms with Gasteiger partial charge in [-0.1, -0.05) is 18.6 Å². The maximum atomic E-state index is 13.3. The highest BCUT2D eigenvalue weighted by atomic mass is 32.2. The quantitative estimate of drug-likeness (QED) is 0.770. The molecule has 1 aromatic rings. The summed E-state index contributed by atoms with van der Waals surface area (Å²) in [5.74, 6) is 0.476. The first-order chi connectivity index (χ1) is 11.2. The van der Waals surface area contributed by atoms with Crippen molar-refractivity contribution in [1.82, 2.24) is 9.80 Å². The van der Waals surface area contributed by atoms with Crippen LogP contribution in [0.15, 0.2) is 35.4 Å². The molecule has 1 fully saturated rings. The first-order valence-corrected chi connectivity index (χ1v) is 9.32. The molecule has 0 amide bonds. The van der Waals surface area contributed by atoms with Crippen LogP contribution in [0.5, 0.6) is 0 Å². The van der Waals surface area contributed by atoms with E-state index >= 15 is 0 Å². The van der Waals surface area contributed by atoms with Gasteiger partial charge in [0.2, 0.25) is 5.78 Å². The normalized spacial score (nSPS) is 19.5. The fraction of sp³-hybridized carbons (Fsp3) is 0.500. The third kappa shape index (κ3) is 4.58. The fourth-order valence-corrected chi connectivity index (χ4v) is 4.08. The minimum Gasteiger partial charge on any atom is -0.374 e.